The predicted octanol–water partition coefficient (Wildman–Crippen LogP) is 4.03. The molecule has 100 valence electrons. The zero-order valence-electron chi connectivity index (χ0n) is 11.7. The second kappa shape index (κ2) is 8.04. The monoisotopic (exact) mass is 248 g/mol. The van der Waals surface area contributed by atoms with Crippen LogP contribution in [0.25, 0.3) is 0 Å². The number of hydrogen-bond donors (Lipinski definition) is 0. The van der Waals surface area contributed by atoms with Crippen LogP contribution >= 0.6 is 0 Å². The summed E-state index contributed by atoms with van der Waals surface area (Å²) in [6.07, 6.45) is 4.45. The molecule has 1 aromatic rings. The van der Waals surface area contributed by atoms with Gasteiger partial charge in [0, 0.05) is 5.56 Å². The first kappa shape index (κ1) is 14.9. The van der Waals surface area contributed by atoms with E-state index in [4.69, 9.17) is 4.74 Å². The summed E-state index contributed by atoms with van der Waals surface area (Å²) >= 11 is 0. The molecule has 0 aliphatic carbocycles. The van der Waals surface area contributed by atoms with Crippen LogP contribution in [-0.2, 0) is 11.2 Å². The molecule has 1 atom stereocenters. The van der Waals surface area contributed by atoms with Crippen molar-refractivity contribution in [3.63, 3.8) is 0 Å². The van der Waals surface area contributed by atoms with Gasteiger partial charge in [-0.15, -0.1) is 0 Å². The lowest BCUT2D eigenvalue weighted by Gasteiger charge is -2.11. The maximum Gasteiger partial charge on any atom is 0.188 e. The summed E-state index contributed by atoms with van der Waals surface area (Å²) in [6, 6.07) is 7.88. The van der Waals surface area contributed by atoms with Crippen molar-refractivity contribution in [3.05, 3.63) is 35.4 Å². The number of rotatable bonds is 8. The lowest BCUT2D eigenvalue weighted by atomic mass is 10.1. The zero-order valence-corrected chi connectivity index (χ0v) is 11.7. The quantitative estimate of drug-likeness (QED) is 0.649. The lowest BCUT2D eigenvalue weighted by molar-refractivity contribution is 0.0490. The van der Waals surface area contributed by atoms with E-state index in [1.165, 1.54) is 5.56 Å². The smallest absolute Gasteiger partial charge is 0.188 e. The number of carbonyl (C=O) groups excluding carboxylic acids is 1. The summed E-state index contributed by atoms with van der Waals surface area (Å²) in [5.74, 6) is 0.0704. The molecule has 1 rings (SSSR count). The molecule has 0 aliphatic heterocycles. The molecule has 18 heavy (non-hydrogen) atoms. The van der Waals surface area contributed by atoms with Crippen molar-refractivity contribution < 1.29 is 9.53 Å². The minimum absolute atomic E-state index is 0.0704. The second-order valence-electron chi connectivity index (χ2n) is 4.78. The van der Waals surface area contributed by atoms with Crippen LogP contribution in [0.15, 0.2) is 24.3 Å². The highest BCUT2D eigenvalue weighted by atomic mass is 16.5. The van der Waals surface area contributed by atoms with Gasteiger partial charge in [-0.1, -0.05) is 51.0 Å². The minimum Gasteiger partial charge on any atom is -0.370 e. The van der Waals surface area contributed by atoms with Crippen molar-refractivity contribution in [2.75, 3.05) is 6.61 Å². The molecule has 0 spiro atoms. The zero-order chi connectivity index (χ0) is 13.4. The molecule has 0 fully saturated rings. The van der Waals surface area contributed by atoms with Crippen molar-refractivity contribution in [2.45, 2.75) is 52.6 Å². The number of aryl methyl sites for hydroxylation is 1. The molecule has 0 bridgehead atoms. The first-order valence-corrected chi connectivity index (χ1v) is 6.91. The number of benzene rings is 1. The van der Waals surface area contributed by atoms with E-state index in [0.717, 1.165) is 31.2 Å². The fourth-order valence-corrected chi connectivity index (χ4v) is 1.94. The molecule has 0 radical (unpaired) electrons. The van der Waals surface area contributed by atoms with Crippen LogP contribution in [0.3, 0.4) is 0 Å². The summed E-state index contributed by atoms with van der Waals surface area (Å²) in [5, 5.41) is 0. The molecule has 0 aromatic heterocycles. The SMILES string of the molecule is CCCc1ccc(C(=O)COC(C)CCC)cc1. The summed E-state index contributed by atoms with van der Waals surface area (Å²) in [4.78, 5) is 11.9. The van der Waals surface area contributed by atoms with Crippen LogP contribution in [0.5, 0.6) is 0 Å². The highest BCUT2D eigenvalue weighted by Gasteiger charge is 2.08. The van der Waals surface area contributed by atoms with E-state index in [-0.39, 0.29) is 18.5 Å². The van der Waals surface area contributed by atoms with Gasteiger partial charge in [0.05, 0.1) is 6.10 Å². The first-order chi connectivity index (χ1) is 8.67. The van der Waals surface area contributed by atoms with Gasteiger partial charge in [-0.3, -0.25) is 4.79 Å². The average molecular weight is 248 g/mol. The van der Waals surface area contributed by atoms with E-state index >= 15 is 0 Å². The summed E-state index contributed by atoms with van der Waals surface area (Å²) in [6.45, 7) is 6.48. The largest absolute Gasteiger partial charge is 0.370 e. The Hall–Kier alpha value is -1.15. The predicted molar refractivity (Wildman–Crippen MR) is 75.1 cm³/mol. The van der Waals surface area contributed by atoms with Crippen LogP contribution in [-0.4, -0.2) is 18.5 Å². The fraction of sp³-hybridized carbons (Fsp3) is 0.562. The van der Waals surface area contributed by atoms with Crippen LogP contribution in [0.2, 0.25) is 0 Å². The molecule has 0 saturated carbocycles. The van der Waals surface area contributed by atoms with Crippen molar-refractivity contribution in [1.29, 1.82) is 0 Å². The molecule has 0 N–H and O–H groups in total. The Kier molecular flexibility index (Phi) is 6.66. The maximum absolute atomic E-state index is 11.9. The highest BCUT2D eigenvalue weighted by Crippen LogP contribution is 2.09. The maximum atomic E-state index is 11.9. The van der Waals surface area contributed by atoms with E-state index in [0.29, 0.717) is 0 Å². The third-order valence-electron chi connectivity index (χ3n) is 3.01. The van der Waals surface area contributed by atoms with Gasteiger partial charge in [0.15, 0.2) is 5.78 Å². The van der Waals surface area contributed by atoms with E-state index in [9.17, 15) is 4.79 Å². The number of ether oxygens (including phenoxy) is 1. The second-order valence-corrected chi connectivity index (χ2v) is 4.78. The molecule has 1 aromatic carbocycles. The molecule has 2 heteroatoms. The van der Waals surface area contributed by atoms with Crippen molar-refractivity contribution >= 4 is 5.78 Å². The Morgan fingerprint density at radius 2 is 1.83 bits per heavy atom. The van der Waals surface area contributed by atoms with Crippen LogP contribution in [0.4, 0.5) is 0 Å². The first-order valence-electron chi connectivity index (χ1n) is 6.91. The van der Waals surface area contributed by atoms with Gasteiger partial charge in [-0.2, -0.15) is 0 Å². The molecule has 0 saturated heterocycles. The van der Waals surface area contributed by atoms with Gasteiger partial charge in [-0.25, -0.2) is 0 Å². The number of carbonyl (C=O) groups is 1. The van der Waals surface area contributed by atoms with E-state index in [2.05, 4.69) is 13.8 Å². The number of ketones is 1. The molecule has 2 nitrogen and oxygen atoms in total. The molecular formula is C16H24O2. The standard InChI is InChI=1S/C16H24O2/c1-4-6-13(3)18-12-16(17)15-10-8-14(7-5-2)9-11-15/h8-11,13H,4-7,12H2,1-3H3. The molecule has 0 amide bonds. The van der Waals surface area contributed by atoms with E-state index in [1.54, 1.807) is 0 Å². The highest BCUT2D eigenvalue weighted by molar-refractivity contribution is 5.97. The minimum atomic E-state index is 0.0704. The van der Waals surface area contributed by atoms with Crippen LogP contribution < -0.4 is 0 Å². The summed E-state index contributed by atoms with van der Waals surface area (Å²) < 4.78 is 5.53. The molecule has 0 heterocycles. The normalized spacial score (nSPS) is 12.4. The van der Waals surface area contributed by atoms with E-state index < -0.39 is 0 Å². The van der Waals surface area contributed by atoms with Crippen molar-refractivity contribution in [3.8, 4) is 0 Å². The molecule has 0 aliphatic rings. The Bertz CT molecular complexity index is 354. The Morgan fingerprint density at radius 1 is 1.17 bits per heavy atom. The lowest BCUT2D eigenvalue weighted by Crippen LogP contribution is -2.15. The van der Waals surface area contributed by atoms with Gasteiger partial charge in [0.1, 0.15) is 6.61 Å². The number of hydrogen-bond acceptors (Lipinski definition) is 2. The molecule has 1 unspecified atom stereocenters. The fourth-order valence-electron chi connectivity index (χ4n) is 1.94. The Morgan fingerprint density at radius 3 is 2.39 bits per heavy atom. The van der Waals surface area contributed by atoms with E-state index in [1.807, 2.05) is 31.2 Å². The Labute approximate surface area is 110 Å². The summed E-state index contributed by atoms with van der Waals surface area (Å²) in [5.41, 5.74) is 2.04. The van der Waals surface area contributed by atoms with Gasteiger partial charge < -0.3 is 4.74 Å². The topological polar surface area (TPSA) is 26.3 Å². The Balaban J connectivity index is 2.46. The number of Topliss-reactive ketones (excluding diaryl/α,β-unsaturated/α-hetero) is 1. The van der Waals surface area contributed by atoms with Gasteiger partial charge in [0.2, 0.25) is 0 Å². The summed E-state index contributed by atoms with van der Waals surface area (Å²) in [7, 11) is 0. The third-order valence-corrected chi connectivity index (χ3v) is 3.01. The van der Waals surface area contributed by atoms with Crippen LogP contribution in [0, 0.1) is 0 Å². The average Bonchev–Trinajstić information content (AvgIpc) is 2.37. The van der Waals surface area contributed by atoms with Crippen molar-refractivity contribution in [2.24, 2.45) is 0 Å². The van der Waals surface area contributed by atoms with Crippen molar-refractivity contribution in [1.82, 2.24) is 0 Å². The molecular weight excluding hydrogens is 224 g/mol. The van der Waals surface area contributed by atoms with Gasteiger partial charge in [-0.05, 0) is 25.3 Å². The third kappa shape index (κ3) is 5.01. The van der Waals surface area contributed by atoms with Crippen LogP contribution in [0.1, 0.15) is 56.0 Å². The van der Waals surface area contributed by atoms with Gasteiger partial charge >= 0.3 is 0 Å². The van der Waals surface area contributed by atoms with Gasteiger partial charge in [0.25, 0.3) is 0 Å².